The van der Waals surface area contributed by atoms with E-state index in [0.29, 0.717) is 0 Å². The normalized spacial score (nSPS) is 19.3. The highest BCUT2D eigenvalue weighted by Crippen LogP contribution is 1.98. The molecule has 0 saturated heterocycles. The molecule has 0 heterocycles. The van der Waals surface area contributed by atoms with E-state index in [0.717, 1.165) is 0 Å². The van der Waals surface area contributed by atoms with Crippen LogP contribution in [-0.2, 0) is 0 Å². The largest absolute Gasteiger partial charge is 0.376 e. The van der Waals surface area contributed by atoms with E-state index in [1.807, 2.05) is 0 Å². The first-order chi connectivity index (χ1) is 3.71. The van der Waals surface area contributed by atoms with E-state index < -0.39 is 11.6 Å². The Morgan fingerprint density at radius 1 is 1.22 bits per heavy atom. The zero-order valence-corrected chi connectivity index (χ0v) is 5.97. The first-order valence-corrected chi connectivity index (χ1v) is 2.74. The summed E-state index contributed by atoms with van der Waals surface area (Å²) in [7, 11) is 0. The number of hydrogen-bond acceptors (Lipinski definition) is 4. The lowest BCUT2D eigenvalue weighted by molar-refractivity contribution is -0.0703. The van der Waals surface area contributed by atoms with Gasteiger partial charge in [0.1, 0.15) is 5.72 Å². The fourth-order valence-corrected chi connectivity index (χ4v) is 0.619. The average Bonchev–Trinajstić information content (AvgIpc) is 1.14. The number of rotatable bonds is 2. The molecule has 0 spiro atoms. The lowest BCUT2D eigenvalue weighted by Gasteiger charge is -2.28. The monoisotopic (exact) mass is 134 g/mol. The summed E-state index contributed by atoms with van der Waals surface area (Å²) in [5, 5.41) is 20.2. The van der Waals surface area contributed by atoms with Gasteiger partial charge < -0.3 is 10.2 Å². The van der Waals surface area contributed by atoms with Gasteiger partial charge in [0.15, 0.2) is 5.85 Å². The van der Waals surface area contributed by atoms with Gasteiger partial charge in [0, 0.05) is 0 Å². The third kappa shape index (κ3) is 7.84. The molecule has 0 fully saturated rings. The van der Waals surface area contributed by atoms with Gasteiger partial charge in [-0.15, -0.1) is 0 Å². The van der Waals surface area contributed by atoms with Gasteiger partial charge in [-0.1, -0.05) is 0 Å². The van der Waals surface area contributed by atoms with Crippen molar-refractivity contribution in [3.63, 3.8) is 0 Å². The van der Waals surface area contributed by atoms with E-state index in [1.54, 1.807) is 0 Å². The second-order valence-electron chi connectivity index (χ2n) is 2.83. The van der Waals surface area contributed by atoms with Gasteiger partial charge in [-0.2, -0.15) is 0 Å². The molecular weight excluding hydrogens is 120 g/mol. The van der Waals surface area contributed by atoms with Crippen molar-refractivity contribution in [3.05, 3.63) is 0 Å². The summed E-state index contributed by atoms with van der Waals surface area (Å²) < 4.78 is 0. The Bertz CT molecular complexity index is 78.1. The Morgan fingerprint density at radius 2 is 1.56 bits per heavy atom. The molecule has 4 heteroatoms. The fraction of sp³-hybridized carbons (Fsp3) is 1.00. The summed E-state index contributed by atoms with van der Waals surface area (Å²) >= 11 is 0. The van der Waals surface area contributed by atoms with Crippen molar-refractivity contribution in [2.24, 2.45) is 5.73 Å². The van der Waals surface area contributed by atoms with E-state index in [2.05, 4.69) is 5.32 Å². The molecule has 0 aromatic carbocycles. The Labute approximate surface area is 54.7 Å². The molecule has 0 aliphatic heterocycles. The summed E-state index contributed by atoms with van der Waals surface area (Å²) in [5.41, 5.74) is 3.97. The molecule has 0 bridgehead atoms. The number of hydrogen-bond donors (Lipinski definition) is 4. The van der Waals surface area contributed by atoms with Crippen LogP contribution >= 0.6 is 0 Å². The fourth-order valence-electron chi connectivity index (χ4n) is 0.619. The SMILES string of the molecule is CC(C)(O)NC(C)(N)O. The molecule has 0 aliphatic carbocycles. The summed E-state index contributed by atoms with van der Waals surface area (Å²) in [4.78, 5) is 0. The summed E-state index contributed by atoms with van der Waals surface area (Å²) in [6, 6.07) is 0. The molecule has 0 saturated carbocycles. The van der Waals surface area contributed by atoms with Gasteiger partial charge in [0.2, 0.25) is 0 Å². The first kappa shape index (κ1) is 8.84. The Hall–Kier alpha value is -0.160. The molecule has 0 rings (SSSR count). The van der Waals surface area contributed by atoms with Gasteiger partial charge in [0.25, 0.3) is 0 Å². The van der Waals surface area contributed by atoms with Crippen molar-refractivity contribution < 1.29 is 10.2 Å². The van der Waals surface area contributed by atoms with E-state index in [1.165, 1.54) is 20.8 Å². The Balaban J connectivity index is 3.75. The second kappa shape index (κ2) is 2.22. The molecule has 0 radical (unpaired) electrons. The zero-order valence-electron chi connectivity index (χ0n) is 5.97. The predicted octanol–water partition coefficient (Wildman–Crippen LogP) is -1.07. The highest BCUT2D eigenvalue weighted by molar-refractivity contribution is 4.69. The maximum Gasteiger partial charge on any atom is 0.168 e. The van der Waals surface area contributed by atoms with Crippen LogP contribution in [0.5, 0.6) is 0 Å². The molecule has 1 atom stereocenters. The zero-order chi connectivity index (χ0) is 7.71. The molecule has 0 aromatic rings. The van der Waals surface area contributed by atoms with Crippen LogP contribution in [0.2, 0.25) is 0 Å². The smallest absolute Gasteiger partial charge is 0.168 e. The van der Waals surface area contributed by atoms with E-state index in [4.69, 9.17) is 15.9 Å². The van der Waals surface area contributed by atoms with Gasteiger partial charge in [-0.3, -0.25) is 5.73 Å². The van der Waals surface area contributed by atoms with Crippen molar-refractivity contribution in [3.8, 4) is 0 Å². The second-order valence-corrected chi connectivity index (χ2v) is 2.83. The third-order valence-corrected chi connectivity index (χ3v) is 0.559. The minimum Gasteiger partial charge on any atom is -0.376 e. The number of aliphatic hydroxyl groups is 2. The first-order valence-electron chi connectivity index (χ1n) is 2.74. The maximum absolute atomic E-state index is 9.00. The molecule has 0 aromatic heterocycles. The minimum absolute atomic E-state index is 1.14. The summed E-state index contributed by atoms with van der Waals surface area (Å²) in [6.45, 7) is 4.34. The van der Waals surface area contributed by atoms with Crippen LogP contribution in [0.1, 0.15) is 20.8 Å². The summed E-state index contributed by atoms with van der Waals surface area (Å²) in [5.74, 6) is -1.52. The van der Waals surface area contributed by atoms with Crippen LogP contribution in [0.15, 0.2) is 0 Å². The highest BCUT2D eigenvalue weighted by Gasteiger charge is 2.22. The lowest BCUT2D eigenvalue weighted by Crippen LogP contribution is -2.59. The Kier molecular flexibility index (Phi) is 2.19. The minimum atomic E-state index is -1.52. The van der Waals surface area contributed by atoms with Crippen LogP contribution in [-0.4, -0.2) is 21.8 Å². The van der Waals surface area contributed by atoms with Gasteiger partial charge >= 0.3 is 0 Å². The van der Waals surface area contributed by atoms with Crippen LogP contribution in [0.25, 0.3) is 0 Å². The molecule has 0 aliphatic rings. The van der Waals surface area contributed by atoms with Gasteiger partial charge in [0.05, 0.1) is 0 Å². The number of nitrogens with two attached hydrogens (primary N) is 1. The topological polar surface area (TPSA) is 78.5 Å². The quantitative estimate of drug-likeness (QED) is 0.363. The van der Waals surface area contributed by atoms with Crippen molar-refractivity contribution >= 4 is 0 Å². The molecule has 4 nitrogen and oxygen atoms in total. The van der Waals surface area contributed by atoms with Crippen LogP contribution in [0.3, 0.4) is 0 Å². The summed E-state index contributed by atoms with van der Waals surface area (Å²) in [6.07, 6.45) is 0. The number of nitrogens with one attached hydrogen (secondary N) is 1. The van der Waals surface area contributed by atoms with Crippen molar-refractivity contribution in [1.82, 2.24) is 5.32 Å². The third-order valence-electron chi connectivity index (χ3n) is 0.559. The molecule has 9 heavy (non-hydrogen) atoms. The van der Waals surface area contributed by atoms with Crippen molar-refractivity contribution in [1.29, 1.82) is 0 Å². The highest BCUT2D eigenvalue weighted by atomic mass is 16.3. The molecule has 56 valence electrons. The van der Waals surface area contributed by atoms with Crippen molar-refractivity contribution in [2.75, 3.05) is 0 Å². The van der Waals surface area contributed by atoms with E-state index in [-0.39, 0.29) is 0 Å². The van der Waals surface area contributed by atoms with E-state index >= 15 is 0 Å². The standard InChI is InChI=1S/C5H14N2O2/c1-4(2,8)7-5(3,6)9/h7-9H,6H2,1-3H3. The van der Waals surface area contributed by atoms with Crippen molar-refractivity contribution in [2.45, 2.75) is 32.3 Å². The van der Waals surface area contributed by atoms with Gasteiger partial charge in [-0.25, -0.2) is 5.32 Å². The predicted molar refractivity (Wildman–Crippen MR) is 34.2 cm³/mol. The van der Waals surface area contributed by atoms with Gasteiger partial charge in [-0.05, 0) is 20.8 Å². The molecular formula is C5H14N2O2. The average molecular weight is 134 g/mol. The molecule has 5 N–H and O–H groups in total. The lowest BCUT2D eigenvalue weighted by atomic mass is 10.3. The van der Waals surface area contributed by atoms with Crippen LogP contribution in [0, 0.1) is 0 Å². The molecule has 0 amide bonds. The maximum atomic E-state index is 9.00. The molecule has 1 unspecified atom stereocenters. The van der Waals surface area contributed by atoms with E-state index in [9.17, 15) is 0 Å². The van der Waals surface area contributed by atoms with Crippen LogP contribution < -0.4 is 11.1 Å². The van der Waals surface area contributed by atoms with Crippen LogP contribution in [0.4, 0.5) is 0 Å². The Morgan fingerprint density at radius 3 is 1.56 bits per heavy atom.